The second kappa shape index (κ2) is 7.89. The fourth-order valence-corrected chi connectivity index (χ4v) is 3.17. The summed E-state index contributed by atoms with van der Waals surface area (Å²) in [4.78, 5) is 24.2. The second-order valence-electron chi connectivity index (χ2n) is 6.31. The topological polar surface area (TPSA) is 55.4 Å². The van der Waals surface area contributed by atoms with Crippen LogP contribution in [0, 0.1) is 0 Å². The van der Waals surface area contributed by atoms with Crippen LogP contribution < -0.4 is 5.32 Å². The van der Waals surface area contributed by atoms with Crippen molar-refractivity contribution in [3.8, 4) is 0 Å². The van der Waals surface area contributed by atoms with Crippen molar-refractivity contribution in [1.29, 1.82) is 0 Å². The van der Waals surface area contributed by atoms with Gasteiger partial charge in [0.1, 0.15) is 0 Å². The fourth-order valence-electron chi connectivity index (χ4n) is 2.53. The number of hydrogen-bond acceptors (Lipinski definition) is 3. The SMILES string of the molecule is COC(=O)c1c(Cl)cc(C(=O)NC(C)(C)Cc2ccccc2)cc1Cl. The highest BCUT2D eigenvalue weighted by Crippen LogP contribution is 2.27. The lowest BCUT2D eigenvalue weighted by molar-refractivity contribution is 0.0600. The number of hydrogen-bond donors (Lipinski definition) is 1. The van der Waals surface area contributed by atoms with E-state index >= 15 is 0 Å². The van der Waals surface area contributed by atoms with Crippen LogP contribution in [0.4, 0.5) is 0 Å². The summed E-state index contributed by atoms with van der Waals surface area (Å²) in [7, 11) is 1.24. The molecule has 0 aromatic heterocycles. The van der Waals surface area contributed by atoms with Crippen molar-refractivity contribution in [3.05, 3.63) is 69.2 Å². The minimum atomic E-state index is -0.647. The van der Waals surface area contributed by atoms with Gasteiger partial charge in [-0.3, -0.25) is 4.79 Å². The fraction of sp³-hybridized carbons (Fsp3) is 0.263. The van der Waals surface area contributed by atoms with Crippen molar-refractivity contribution in [2.24, 2.45) is 0 Å². The zero-order valence-electron chi connectivity index (χ0n) is 14.2. The van der Waals surface area contributed by atoms with Gasteiger partial charge in [0.15, 0.2) is 0 Å². The number of amides is 1. The monoisotopic (exact) mass is 379 g/mol. The van der Waals surface area contributed by atoms with E-state index in [4.69, 9.17) is 23.2 Å². The van der Waals surface area contributed by atoms with Gasteiger partial charge >= 0.3 is 5.97 Å². The smallest absolute Gasteiger partial charge is 0.340 e. The van der Waals surface area contributed by atoms with E-state index in [1.165, 1.54) is 19.2 Å². The van der Waals surface area contributed by atoms with Crippen LogP contribution >= 0.6 is 23.2 Å². The molecule has 0 aliphatic rings. The first kappa shape index (κ1) is 19.3. The molecule has 2 aromatic carbocycles. The maximum absolute atomic E-state index is 12.6. The quantitative estimate of drug-likeness (QED) is 0.776. The van der Waals surface area contributed by atoms with E-state index in [1.54, 1.807) is 0 Å². The van der Waals surface area contributed by atoms with Gasteiger partial charge in [0.25, 0.3) is 5.91 Å². The average Bonchev–Trinajstić information content (AvgIpc) is 2.53. The van der Waals surface area contributed by atoms with Gasteiger partial charge in [-0.1, -0.05) is 53.5 Å². The third-order valence-corrected chi connectivity index (χ3v) is 4.23. The summed E-state index contributed by atoms with van der Waals surface area (Å²) in [6.45, 7) is 3.87. The molecule has 0 aliphatic heterocycles. The van der Waals surface area contributed by atoms with E-state index in [2.05, 4.69) is 10.1 Å². The molecular formula is C19H19Cl2NO3. The zero-order valence-corrected chi connectivity index (χ0v) is 15.7. The molecule has 0 spiro atoms. The molecule has 0 unspecified atom stereocenters. The second-order valence-corrected chi connectivity index (χ2v) is 7.12. The summed E-state index contributed by atoms with van der Waals surface area (Å²) in [5.74, 6) is -0.965. The first-order valence-electron chi connectivity index (χ1n) is 7.67. The summed E-state index contributed by atoms with van der Waals surface area (Å²) in [5, 5.41) is 3.11. The van der Waals surface area contributed by atoms with Crippen LogP contribution in [0.3, 0.4) is 0 Å². The molecular weight excluding hydrogens is 361 g/mol. The van der Waals surface area contributed by atoms with E-state index in [-0.39, 0.29) is 27.1 Å². The standard InChI is InChI=1S/C19H19Cl2NO3/c1-19(2,11-12-7-5-4-6-8-12)22-17(23)13-9-14(20)16(15(21)10-13)18(24)25-3/h4-10H,11H2,1-3H3,(H,22,23). The molecule has 132 valence electrons. The maximum atomic E-state index is 12.6. The third-order valence-electron chi connectivity index (χ3n) is 3.63. The molecule has 1 N–H and O–H groups in total. The predicted octanol–water partition coefficient (Wildman–Crippen LogP) is 4.53. The largest absolute Gasteiger partial charge is 0.465 e. The number of nitrogens with one attached hydrogen (secondary N) is 1. The van der Waals surface area contributed by atoms with E-state index in [0.29, 0.717) is 6.42 Å². The van der Waals surface area contributed by atoms with Gasteiger partial charge in [0, 0.05) is 11.1 Å². The molecule has 25 heavy (non-hydrogen) atoms. The zero-order chi connectivity index (χ0) is 18.6. The number of esters is 1. The minimum Gasteiger partial charge on any atom is -0.465 e. The predicted molar refractivity (Wildman–Crippen MR) is 99.5 cm³/mol. The van der Waals surface area contributed by atoms with Gasteiger partial charge in [-0.25, -0.2) is 4.79 Å². The highest BCUT2D eigenvalue weighted by molar-refractivity contribution is 6.39. The van der Waals surface area contributed by atoms with E-state index in [0.717, 1.165) is 5.56 Å². The molecule has 0 aliphatic carbocycles. The molecule has 0 saturated heterocycles. The molecule has 0 radical (unpaired) electrons. The molecule has 0 bridgehead atoms. The van der Waals surface area contributed by atoms with Crippen molar-refractivity contribution in [2.75, 3.05) is 7.11 Å². The van der Waals surface area contributed by atoms with E-state index in [1.807, 2.05) is 44.2 Å². The average molecular weight is 380 g/mol. The highest BCUT2D eigenvalue weighted by atomic mass is 35.5. The van der Waals surface area contributed by atoms with Gasteiger partial charge in [0.05, 0.1) is 22.7 Å². The van der Waals surface area contributed by atoms with Crippen LogP contribution in [0.2, 0.25) is 10.0 Å². The normalized spacial score (nSPS) is 11.1. The van der Waals surface area contributed by atoms with Crippen molar-refractivity contribution in [1.82, 2.24) is 5.32 Å². The number of ether oxygens (including phenoxy) is 1. The molecule has 1 amide bonds. The van der Waals surface area contributed by atoms with Gasteiger partial charge in [-0.05, 0) is 38.0 Å². The Morgan fingerprint density at radius 2 is 1.64 bits per heavy atom. The van der Waals surface area contributed by atoms with Crippen LogP contribution in [-0.2, 0) is 11.2 Å². The Morgan fingerprint density at radius 3 is 2.16 bits per heavy atom. The van der Waals surface area contributed by atoms with Gasteiger partial charge in [-0.15, -0.1) is 0 Å². The van der Waals surface area contributed by atoms with Crippen molar-refractivity contribution in [3.63, 3.8) is 0 Å². The summed E-state index contributed by atoms with van der Waals surface area (Å²) in [6, 6.07) is 12.7. The van der Waals surface area contributed by atoms with Gasteiger partial charge < -0.3 is 10.1 Å². The first-order valence-corrected chi connectivity index (χ1v) is 8.43. The summed E-state index contributed by atoms with van der Waals surface area (Å²) >= 11 is 12.2. The lowest BCUT2D eigenvalue weighted by Gasteiger charge is -2.26. The molecule has 0 atom stereocenters. The Hall–Kier alpha value is -2.04. The van der Waals surface area contributed by atoms with Crippen molar-refractivity contribution >= 4 is 35.1 Å². The molecule has 2 rings (SSSR count). The van der Waals surface area contributed by atoms with Gasteiger partial charge in [0.2, 0.25) is 0 Å². The Labute approximate surface area is 157 Å². The van der Waals surface area contributed by atoms with Crippen molar-refractivity contribution in [2.45, 2.75) is 25.8 Å². The molecule has 0 heterocycles. The Kier molecular flexibility index (Phi) is 6.09. The lowest BCUT2D eigenvalue weighted by atomic mass is 9.94. The number of carbonyl (C=O) groups is 2. The number of halogens is 2. The van der Waals surface area contributed by atoms with Crippen molar-refractivity contribution < 1.29 is 14.3 Å². The third kappa shape index (κ3) is 4.97. The maximum Gasteiger partial charge on any atom is 0.340 e. The number of rotatable bonds is 5. The number of carbonyl (C=O) groups excluding carboxylic acids is 2. The Bertz CT molecular complexity index is 766. The molecule has 6 heteroatoms. The minimum absolute atomic E-state index is 0.0472. The molecule has 2 aromatic rings. The van der Waals surface area contributed by atoms with Crippen LogP contribution in [0.5, 0.6) is 0 Å². The molecule has 0 saturated carbocycles. The van der Waals surface area contributed by atoms with E-state index in [9.17, 15) is 9.59 Å². The molecule has 4 nitrogen and oxygen atoms in total. The van der Waals surface area contributed by atoms with Crippen LogP contribution in [-0.4, -0.2) is 24.5 Å². The summed E-state index contributed by atoms with van der Waals surface area (Å²) in [5.41, 5.74) is 0.970. The van der Waals surface area contributed by atoms with Gasteiger partial charge in [-0.2, -0.15) is 0 Å². The Balaban J connectivity index is 2.19. The highest BCUT2D eigenvalue weighted by Gasteiger charge is 2.24. The number of benzene rings is 2. The van der Waals surface area contributed by atoms with Crippen LogP contribution in [0.25, 0.3) is 0 Å². The first-order chi connectivity index (χ1) is 11.7. The van der Waals surface area contributed by atoms with E-state index < -0.39 is 11.5 Å². The summed E-state index contributed by atoms with van der Waals surface area (Å²) < 4.78 is 4.64. The molecule has 0 fully saturated rings. The summed E-state index contributed by atoms with van der Waals surface area (Å²) in [6.07, 6.45) is 0.668. The van der Waals surface area contributed by atoms with Crippen LogP contribution in [0.1, 0.15) is 40.1 Å². The lowest BCUT2D eigenvalue weighted by Crippen LogP contribution is -2.45. The Morgan fingerprint density at radius 1 is 1.08 bits per heavy atom. The van der Waals surface area contributed by atoms with Crippen LogP contribution in [0.15, 0.2) is 42.5 Å². The number of methoxy groups -OCH3 is 1.